The molecule has 0 bridgehead atoms. The first-order chi connectivity index (χ1) is 16.5. The van der Waals surface area contributed by atoms with Gasteiger partial charge in [-0.3, -0.25) is 4.79 Å². The van der Waals surface area contributed by atoms with Crippen LogP contribution < -0.4 is 14.8 Å². The second-order valence-corrected chi connectivity index (χ2v) is 8.17. The Kier molecular flexibility index (Phi) is 10.8. The first kappa shape index (κ1) is 28.9. The number of hydrogen-bond acceptors (Lipinski definition) is 5. The van der Waals surface area contributed by atoms with E-state index in [9.17, 15) is 31.1 Å². The van der Waals surface area contributed by atoms with Crippen LogP contribution in [0.4, 0.5) is 26.3 Å². The van der Waals surface area contributed by atoms with Crippen molar-refractivity contribution >= 4 is 19.4 Å². The van der Waals surface area contributed by atoms with Crippen molar-refractivity contribution in [2.24, 2.45) is 0 Å². The van der Waals surface area contributed by atoms with Crippen LogP contribution >= 0.6 is 8.58 Å². The Morgan fingerprint density at radius 2 is 1.34 bits per heavy atom. The van der Waals surface area contributed by atoms with Gasteiger partial charge in [-0.25, -0.2) is 0 Å². The lowest BCUT2D eigenvalue weighted by Gasteiger charge is -2.19. The minimum atomic E-state index is -5.15. The molecule has 0 aliphatic rings. The number of ether oxygens (including phenoxy) is 4. The van der Waals surface area contributed by atoms with E-state index >= 15 is 0 Å². The molecule has 0 saturated heterocycles. The molecule has 0 saturated carbocycles. The van der Waals surface area contributed by atoms with E-state index in [2.05, 4.69) is 0 Å². The Morgan fingerprint density at radius 3 is 1.86 bits per heavy atom. The molecule has 0 N–H and O–H groups in total. The van der Waals surface area contributed by atoms with Crippen molar-refractivity contribution in [3.05, 3.63) is 53.1 Å². The Hall–Kier alpha value is -2.36. The van der Waals surface area contributed by atoms with Crippen LogP contribution in [0.15, 0.2) is 36.4 Å². The van der Waals surface area contributed by atoms with Crippen molar-refractivity contribution in [1.29, 1.82) is 0 Å². The number of carbonyl (C=O) groups excluding carboxylic acids is 1. The molecule has 35 heavy (non-hydrogen) atoms. The Balaban J connectivity index is 2.39. The number of alkyl halides is 6. The molecule has 2 aromatic rings. The minimum Gasteiger partial charge on any atom is -0.491 e. The lowest BCUT2D eigenvalue weighted by Crippen LogP contribution is -2.20. The molecule has 12 heteroatoms. The Bertz CT molecular complexity index is 946. The summed E-state index contributed by atoms with van der Waals surface area (Å²) in [4.78, 5) is 12.9. The monoisotopic (exact) mass is 526 g/mol. The molecule has 0 aliphatic heterocycles. The van der Waals surface area contributed by atoms with Crippen LogP contribution in [0, 0.1) is 0 Å². The summed E-state index contributed by atoms with van der Waals surface area (Å²) in [7, 11) is -1.07. The maximum Gasteiger partial charge on any atom is 0.417 e. The van der Waals surface area contributed by atoms with Gasteiger partial charge >= 0.3 is 12.4 Å². The van der Waals surface area contributed by atoms with Gasteiger partial charge in [0.2, 0.25) is 0 Å². The zero-order chi connectivity index (χ0) is 26.1. The van der Waals surface area contributed by atoms with Crippen molar-refractivity contribution < 1.29 is 50.1 Å². The normalized spacial score (nSPS) is 12.3. The quantitative estimate of drug-likeness (QED) is 0.191. The van der Waals surface area contributed by atoms with Crippen LogP contribution in [0.3, 0.4) is 0 Å². The standard InChI is InChI=1S/C23H25F6O5P/c1-3-31-10-12-33-15-8-9-19(18(14-15)34-13-11-32-4-2)35-21(30)20-16(22(24,25)26)6-5-7-17(20)23(27,28)29/h5-9,14,35H,3-4,10-13H2,1-2H3. The van der Waals surface area contributed by atoms with Crippen LogP contribution in [-0.2, 0) is 21.8 Å². The van der Waals surface area contributed by atoms with Gasteiger partial charge in [0, 0.05) is 30.1 Å². The van der Waals surface area contributed by atoms with Crippen molar-refractivity contribution in [3.8, 4) is 11.5 Å². The summed E-state index contributed by atoms with van der Waals surface area (Å²) < 4.78 is 102. The molecular formula is C23H25F6O5P. The van der Waals surface area contributed by atoms with Crippen LogP contribution in [-0.4, -0.2) is 45.2 Å². The van der Waals surface area contributed by atoms with E-state index in [1.807, 2.05) is 6.92 Å². The van der Waals surface area contributed by atoms with Crippen LogP contribution in [0.2, 0.25) is 0 Å². The van der Waals surface area contributed by atoms with Gasteiger partial charge in [0.15, 0.2) is 5.52 Å². The zero-order valence-corrected chi connectivity index (χ0v) is 20.0. The topological polar surface area (TPSA) is 54.0 Å². The molecule has 2 rings (SSSR count). The predicted molar refractivity (Wildman–Crippen MR) is 119 cm³/mol. The molecule has 0 aliphatic carbocycles. The highest BCUT2D eigenvalue weighted by Gasteiger charge is 2.42. The summed E-state index contributed by atoms with van der Waals surface area (Å²) in [5.41, 5.74) is -6.01. The molecule has 5 nitrogen and oxygen atoms in total. The van der Waals surface area contributed by atoms with Gasteiger partial charge in [0.05, 0.1) is 24.3 Å². The van der Waals surface area contributed by atoms with Gasteiger partial charge < -0.3 is 18.9 Å². The highest BCUT2D eigenvalue weighted by Crippen LogP contribution is 2.42. The third kappa shape index (κ3) is 8.66. The lowest BCUT2D eigenvalue weighted by molar-refractivity contribution is -0.143. The maximum atomic E-state index is 13.5. The van der Waals surface area contributed by atoms with Gasteiger partial charge in [0.25, 0.3) is 0 Å². The summed E-state index contributed by atoms with van der Waals surface area (Å²) in [6.07, 6.45) is -10.3. The first-order valence-corrected chi connectivity index (χ1v) is 11.6. The number of hydrogen-bond donors (Lipinski definition) is 0. The van der Waals surface area contributed by atoms with Crippen molar-refractivity contribution in [1.82, 2.24) is 0 Å². The van der Waals surface area contributed by atoms with Crippen LogP contribution in [0.25, 0.3) is 0 Å². The molecule has 0 aromatic heterocycles. The number of rotatable bonds is 13. The second-order valence-electron chi connectivity index (χ2n) is 6.93. The maximum absolute atomic E-state index is 13.5. The van der Waals surface area contributed by atoms with Crippen LogP contribution in [0.5, 0.6) is 11.5 Å². The second kappa shape index (κ2) is 13.1. The van der Waals surface area contributed by atoms with Gasteiger partial charge in [-0.2, -0.15) is 26.3 Å². The molecule has 0 radical (unpaired) electrons. The van der Waals surface area contributed by atoms with E-state index in [1.165, 1.54) is 18.2 Å². The van der Waals surface area contributed by atoms with E-state index in [0.717, 1.165) is 0 Å². The van der Waals surface area contributed by atoms with Crippen LogP contribution in [0.1, 0.15) is 35.3 Å². The molecule has 1 atom stereocenters. The SMILES string of the molecule is CCOCCOc1ccc(PC(=O)c2c(C(F)(F)F)cccc2C(F)(F)F)c(OCCOCC)c1. The van der Waals surface area contributed by atoms with Crippen molar-refractivity contribution in [2.75, 3.05) is 39.6 Å². The summed E-state index contributed by atoms with van der Waals surface area (Å²) in [5.74, 6) is 0.437. The van der Waals surface area contributed by atoms with Crippen molar-refractivity contribution in [2.45, 2.75) is 26.2 Å². The smallest absolute Gasteiger partial charge is 0.417 e. The molecule has 1 unspecified atom stereocenters. The van der Waals surface area contributed by atoms with E-state index in [1.54, 1.807) is 6.92 Å². The van der Waals surface area contributed by atoms with E-state index in [0.29, 0.717) is 43.8 Å². The molecule has 0 fully saturated rings. The molecule has 0 amide bonds. The molecular weight excluding hydrogens is 501 g/mol. The average molecular weight is 526 g/mol. The fraction of sp³-hybridized carbons (Fsp3) is 0.435. The number of benzene rings is 2. The fourth-order valence-corrected chi connectivity index (χ4v) is 4.06. The number of halogens is 6. The largest absolute Gasteiger partial charge is 0.491 e. The minimum absolute atomic E-state index is 0.0504. The van der Waals surface area contributed by atoms with Crippen molar-refractivity contribution in [3.63, 3.8) is 0 Å². The highest BCUT2D eigenvalue weighted by molar-refractivity contribution is 7.66. The van der Waals surface area contributed by atoms with Gasteiger partial charge in [-0.05, 0) is 46.7 Å². The van der Waals surface area contributed by atoms with E-state index in [-0.39, 0.29) is 30.9 Å². The first-order valence-electron chi connectivity index (χ1n) is 10.6. The summed E-state index contributed by atoms with van der Waals surface area (Å²) >= 11 is 0. The van der Waals surface area contributed by atoms with Gasteiger partial charge in [-0.1, -0.05) is 6.07 Å². The molecule has 2 aromatic carbocycles. The third-order valence-electron chi connectivity index (χ3n) is 4.49. The molecule has 0 heterocycles. The van der Waals surface area contributed by atoms with E-state index < -0.39 is 43.1 Å². The number of carbonyl (C=O) groups is 1. The van der Waals surface area contributed by atoms with Gasteiger partial charge in [0.1, 0.15) is 24.7 Å². The summed E-state index contributed by atoms with van der Waals surface area (Å²) in [6, 6.07) is 5.81. The average Bonchev–Trinajstić information content (AvgIpc) is 2.79. The zero-order valence-electron chi connectivity index (χ0n) is 19.0. The lowest BCUT2D eigenvalue weighted by atomic mass is 10.0. The third-order valence-corrected chi connectivity index (χ3v) is 5.65. The Labute approximate surface area is 200 Å². The molecule has 0 spiro atoms. The van der Waals surface area contributed by atoms with Gasteiger partial charge in [-0.15, -0.1) is 0 Å². The molecule has 194 valence electrons. The van der Waals surface area contributed by atoms with E-state index in [4.69, 9.17) is 18.9 Å². The Morgan fingerprint density at radius 1 is 0.800 bits per heavy atom. The summed E-state index contributed by atoms with van der Waals surface area (Å²) in [6.45, 7) is 5.27. The highest BCUT2D eigenvalue weighted by atomic mass is 31.1. The fourth-order valence-electron chi connectivity index (χ4n) is 2.99. The predicted octanol–water partition coefficient (Wildman–Crippen LogP) is 5.70. The summed E-state index contributed by atoms with van der Waals surface area (Å²) in [5, 5.41) is 0.133.